The van der Waals surface area contributed by atoms with Crippen molar-refractivity contribution in [3.63, 3.8) is 0 Å². The first-order valence-corrected chi connectivity index (χ1v) is 14.8. The summed E-state index contributed by atoms with van der Waals surface area (Å²) in [5.41, 5.74) is 4.63. The Morgan fingerprint density at radius 2 is 1.60 bits per heavy atom. The van der Waals surface area contributed by atoms with Crippen LogP contribution in [0.4, 0.5) is 0 Å². The van der Waals surface area contributed by atoms with E-state index in [2.05, 4.69) is 18.2 Å². The van der Waals surface area contributed by atoms with Gasteiger partial charge in [-0.3, -0.25) is 4.79 Å². The average molecular weight is 537 g/mol. The van der Waals surface area contributed by atoms with Gasteiger partial charge in [0.1, 0.15) is 18.1 Å². The highest BCUT2D eigenvalue weighted by molar-refractivity contribution is 5.91. The molecule has 8 rings (SSSR count). The molecule has 206 valence electrons. The van der Waals surface area contributed by atoms with Crippen LogP contribution < -0.4 is 9.47 Å². The predicted octanol–water partition coefficient (Wildman–Crippen LogP) is 7.16. The van der Waals surface area contributed by atoms with Crippen molar-refractivity contribution in [2.45, 2.75) is 70.0 Å². The Labute approximate surface area is 235 Å². The summed E-state index contributed by atoms with van der Waals surface area (Å²) in [5.74, 6) is 3.72. The zero-order valence-corrected chi connectivity index (χ0v) is 23.1. The summed E-state index contributed by atoms with van der Waals surface area (Å²) >= 11 is 0. The lowest BCUT2D eigenvalue weighted by atomic mass is 9.48. The van der Waals surface area contributed by atoms with E-state index in [1.807, 2.05) is 36.4 Å². The van der Waals surface area contributed by atoms with E-state index >= 15 is 0 Å². The van der Waals surface area contributed by atoms with E-state index in [9.17, 15) is 9.59 Å². The first-order valence-electron chi connectivity index (χ1n) is 14.8. The van der Waals surface area contributed by atoms with Crippen LogP contribution >= 0.6 is 0 Å². The molecule has 1 atom stereocenters. The third-order valence-corrected chi connectivity index (χ3v) is 9.61. The first kappa shape index (κ1) is 25.4. The Hall–Kier alpha value is -3.60. The van der Waals surface area contributed by atoms with Gasteiger partial charge in [-0.15, -0.1) is 0 Å². The Morgan fingerprint density at radius 3 is 2.25 bits per heavy atom. The van der Waals surface area contributed by atoms with Gasteiger partial charge in [-0.2, -0.15) is 0 Å². The zero-order chi connectivity index (χ0) is 27.3. The van der Waals surface area contributed by atoms with Crippen LogP contribution in [0, 0.1) is 17.8 Å². The summed E-state index contributed by atoms with van der Waals surface area (Å²) in [7, 11) is 0. The number of rotatable bonds is 7. The molecule has 0 aromatic heterocycles. The molecule has 0 N–H and O–H groups in total. The second kappa shape index (κ2) is 10.1. The lowest BCUT2D eigenvalue weighted by Crippen LogP contribution is -2.49. The lowest BCUT2D eigenvalue weighted by molar-refractivity contribution is -0.126. The molecule has 0 saturated heterocycles. The normalized spacial score (nSPS) is 28.1. The summed E-state index contributed by atoms with van der Waals surface area (Å²) in [6.45, 7) is 2.60. The molecule has 1 unspecified atom stereocenters. The van der Waals surface area contributed by atoms with Crippen LogP contribution in [0.3, 0.4) is 0 Å². The SMILES string of the molecule is CCOC(=O)c1ccc(C2Oc3c(cc(OCc4ccccc4)cc3C34CC5CC(CC(C5)C3)C4)CC2=O)cc1. The molecule has 5 aliphatic rings. The van der Waals surface area contributed by atoms with Crippen molar-refractivity contribution in [1.82, 2.24) is 0 Å². The van der Waals surface area contributed by atoms with Crippen LogP contribution in [-0.4, -0.2) is 18.4 Å². The van der Waals surface area contributed by atoms with Crippen molar-refractivity contribution in [2.75, 3.05) is 6.61 Å². The molecule has 3 aromatic carbocycles. The molecule has 5 heteroatoms. The second-order valence-corrected chi connectivity index (χ2v) is 12.4. The number of Topliss-reactive ketones (excluding diaryl/α,β-unsaturated/α-hetero) is 1. The average Bonchev–Trinajstić information content (AvgIpc) is 2.95. The predicted molar refractivity (Wildman–Crippen MR) is 152 cm³/mol. The Bertz CT molecular complexity index is 1390. The molecular formula is C35H36O5. The molecule has 0 radical (unpaired) electrons. The maximum atomic E-state index is 13.5. The molecule has 0 spiro atoms. The largest absolute Gasteiger partial charge is 0.489 e. The number of carbonyl (C=O) groups excluding carboxylic acids is 2. The highest BCUT2D eigenvalue weighted by Crippen LogP contribution is 2.63. The molecule has 40 heavy (non-hydrogen) atoms. The van der Waals surface area contributed by atoms with Crippen molar-refractivity contribution in [2.24, 2.45) is 17.8 Å². The van der Waals surface area contributed by atoms with Crippen LogP contribution in [0.2, 0.25) is 0 Å². The van der Waals surface area contributed by atoms with Crippen LogP contribution in [0.5, 0.6) is 11.5 Å². The lowest BCUT2D eigenvalue weighted by Gasteiger charge is -2.57. The number of fused-ring (bicyclic) bond motifs is 1. The van der Waals surface area contributed by atoms with Gasteiger partial charge in [-0.1, -0.05) is 42.5 Å². The summed E-state index contributed by atoms with van der Waals surface area (Å²) in [5, 5.41) is 0. The first-order chi connectivity index (χ1) is 19.5. The molecule has 0 amide bonds. The molecule has 4 saturated carbocycles. The molecule has 1 heterocycles. The Kier molecular flexibility index (Phi) is 6.41. The minimum absolute atomic E-state index is 0.0213. The monoisotopic (exact) mass is 536 g/mol. The Morgan fingerprint density at radius 1 is 0.925 bits per heavy atom. The van der Waals surface area contributed by atoms with Crippen molar-refractivity contribution < 1.29 is 23.8 Å². The van der Waals surface area contributed by atoms with Gasteiger partial charge >= 0.3 is 5.97 Å². The van der Waals surface area contributed by atoms with Gasteiger partial charge in [-0.05, 0) is 104 Å². The van der Waals surface area contributed by atoms with Crippen molar-refractivity contribution in [1.29, 1.82) is 0 Å². The fourth-order valence-corrected chi connectivity index (χ4v) is 8.32. The van der Waals surface area contributed by atoms with E-state index in [4.69, 9.17) is 14.2 Å². The van der Waals surface area contributed by atoms with Crippen LogP contribution in [0.25, 0.3) is 0 Å². The fraction of sp³-hybridized carbons (Fsp3) is 0.429. The number of ketones is 1. The van der Waals surface area contributed by atoms with Gasteiger partial charge < -0.3 is 14.2 Å². The highest BCUT2D eigenvalue weighted by Gasteiger charge is 2.53. The molecular weight excluding hydrogens is 500 g/mol. The smallest absolute Gasteiger partial charge is 0.338 e. The maximum Gasteiger partial charge on any atom is 0.338 e. The van der Waals surface area contributed by atoms with Gasteiger partial charge in [0.2, 0.25) is 0 Å². The molecule has 3 aromatic rings. The Balaban J connectivity index is 1.24. The topological polar surface area (TPSA) is 61.8 Å². The summed E-state index contributed by atoms with van der Waals surface area (Å²) in [4.78, 5) is 25.6. The zero-order valence-electron chi connectivity index (χ0n) is 23.1. The number of carbonyl (C=O) groups is 2. The molecule has 4 bridgehead atoms. The maximum absolute atomic E-state index is 13.5. The van der Waals surface area contributed by atoms with Gasteiger partial charge in [0.15, 0.2) is 11.9 Å². The van der Waals surface area contributed by atoms with Crippen molar-refractivity contribution >= 4 is 11.8 Å². The van der Waals surface area contributed by atoms with Crippen LogP contribution in [0.15, 0.2) is 66.7 Å². The molecule has 5 nitrogen and oxygen atoms in total. The third-order valence-electron chi connectivity index (χ3n) is 9.61. The third kappa shape index (κ3) is 4.59. The number of ether oxygens (including phenoxy) is 3. The van der Waals surface area contributed by atoms with E-state index in [1.165, 1.54) is 44.1 Å². The van der Waals surface area contributed by atoms with Crippen molar-refractivity contribution in [3.8, 4) is 11.5 Å². The van der Waals surface area contributed by atoms with E-state index < -0.39 is 6.10 Å². The van der Waals surface area contributed by atoms with Gasteiger partial charge in [0, 0.05) is 17.5 Å². The molecule has 4 fully saturated rings. The molecule has 1 aliphatic heterocycles. The minimum Gasteiger partial charge on any atom is -0.489 e. The van der Waals surface area contributed by atoms with E-state index in [0.717, 1.165) is 45.9 Å². The number of hydrogen-bond acceptors (Lipinski definition) is 5. The van der Waals surface area contributed by atoms with Gasteiger partial charge in [0.05, 0.1) is 12.2 Å². The van der Waals surface area contributed by atoms with E-state index in [0.29, 0.717) is 25.2 Å². The fourth-order valence-electron chi connectivity index (χ4n) is 8.32. The second-order valence-electron chi connectivity index (χ2n) is 12.4. The summed E-state index contributed by atoms with van der Waals surface area (Å²) < 4.78 is 18.2. The minimum atomic E-state index is -0.688. The van der Waals surface area contributed by atoms with E-state index in [1.54, 1.807) is 19.1 Å². The van der Waals surface area contributed by atoms with Crippen LogP contribution in [-0.2, 0) is 28.0 Å². The summed E-state index contributed by atoms with van der Waals surface area (Å²) in [6, 6.07) is 21.5. The molecule has 4 aliphatic carbocycles. The quantitative estimate of drug-likeness (QED) is 0.300. The standard InChI is InChI=1S/C35H36O5/c1-2-38-34(37)27-10-8-26(9-11-27)33-31(36)16-28-15-29(39-21-22-6-4-3-5-7-22)17-30(32(28)40-33)35-18-23-12-24(19-35)14-25(13-23)20-35/h3-11,15,17,23-25,33H,2,12-14,16,18-21H2,1H3. The number of benzene rings is 3. The number of hydrogen-bond donors (Lipinski definition) is 0. The summed E-state index contributed by atoms with van der Waals surface area (Å²) in [6.07, 6.45) is 7.30. The highest BCUT2D eigenvalue weighted by atomic mass is 16.5. The number of esters is 1. The van der Waals surface area contributed by atoms with Crippen molar-refractivity contribution in [3.05, 3.63) is 94.5 Å². The van der Waals surface area contributed by atoms with Crippen LogP contribution in [0.1, 0.15) is 84.2 Å². The van der Waals surface area contributed by atoms with Gasteiger partial charge in [0.25, 0.3) is 0 Å². The van der Waals surface area contributed by atoms with E-state index in [-0.39, 0.29) is 17.2 Å². The van der Waals surface area contributed by atoms with Gasteiger partial charge in [-0.25, -0.2) is 4.79 Å².